The molecule has 11 heteroatoms. The third kappa shape index (κ3) is 4.93. The highest BCUT2D eigenvalue weighted by Gasteiger charge is 2.31. The Morgan fingerprint density at radius 2 is 1.78 bits per heavy atom. The zero-order valence-electron chi connectivity index (χ0n) is 17.4. The number of esters is 1. The molecule has 0 aliphatic heterocycles. The van der Waals surface area contributed by atoms with Crippen molar-refractivity contribution in [2.45, 2.75) is 19.6 Å². The Labute approximate surface area is 184 Å². The molecule has 0 unspecified atom stereocenters. The smallest absolute Gasteiger partial charge is 0.416 e. The molecule has 0 atom stereocenters. The number of alkyl halides is 3. The van der Waals surface area contributed by atoms with Crippen molar-refractivity contribution in [2.75, 3.05) is 20.8 Å². The lowest BCUT2D eigenvalue weighted by molar-refractivity contribution is -0.143. The molecule has 0 radical (unpaired) electrons. The molecular weight excluding hydrogens is 449 g/mol. The van der Waals surface area contributed by atoms with E-state index in [4.69, 9.17) is 14.2 Å². The minimum absolute atomic E-state index is 0.116. The van der Waals surface area contributed by atoms with E-state index in [2.05, 4.69) is 4.99 Å². The van der Waals surface area contributed by atoms with Gasteiger partial charge in [0.2, 0.25) is 0 Å². The maximum atomic E-state index is 13.0. The van der Waals surface area contributed by atoms with Crippen LogP contribution in [0.1, 0.15) is 22.8 Å². The summed E-state index contributed by atoms with van der Waals surface area (Å²) in [5, 5.41) is 0. The molecular formula is C21H19F3N2O5S. The first-order valence-electron chi connectivity index (χ1n) is 9.35. The fraction of sp³-hybridized carbons (Fsp3) is 0.286. The number of amides is 1. The van der Waals surface area contributed by atoms with Crippen LogP contribution in [0.5, 0.6) is 11.5 Å². The number of rotatable bonds is 6. The lowest BCUT2D eigenvalue weighted by atomic mass is 10.1. The van der Waals surface area contributed by atoms with Gasteiger partial charge in [-0.05, 0) is 25.1 Å². The van der Waals surface area contributed by atoms with E-state index < -0.39 is 23.6 Å². The van der Waals surface area contributed by atoms with Crippen LogP contribution in [0.15, 0.2) is 41.4 Å². The predicted octanol–water partition coefficient (Wildman–Crippen LogP) is 4.04. The van der Waals surface area contributed by atoms with Gasteiger partial charge in [-0.2, -0.15) is 18.2 Å². The van der Waals surface area contributed by atoms with Crippen molar-refractivity contribution < 1.29 is 37.0 Å². The molecule has 3 aromatic rings. The number of fused-ring (bicyclic) bond motifs is 1. The molecule has 2 aromatic carbocycles. The van der Waals surface area contributed by atoms with E-state index in [1.54, 1.807) is 19.1 Å². The summed E-state index contributed by atoms with van der Waals surface area (Å²) in [6, 6.07) is 7.28. The van der Waals surface area contributed by atoms with Crippen LogP contribution in [0.25, 0.3) is 10.2 Å². The summed E-state index contributed by atoms with van der Waals surface area (Å²) in [5.41, 5.74) is -0.657. The van der Waals surface area contributed by atoms with Gasteiger partial charge in [0.05, 0.1) is 36.6 Å². The molecule has 1 aromatic heterocycles. The summed E-state index contributed by atoms with van der Waals surface area (Å²) >= 11 is 1.08. The van der Waals surface area contributed by atoms with Crippen LogP contribution in [0.2, 0.25) is 0 Å². The number of benzene rings is 2. The topological polar surface area (TPSA) is 79.1 Å². The Bertz CT molecular complexity index is 1230. The summed E-state index contributed by atoms with van der Waals surface area (Å²) in [5.74, 6) is -0.611. The van der Waals surface area contributed by atoms with Crippen LogP contribution in [0.3, 0.4) is 0 Å². The first kappa shape index (κ1) is 23.3. The van der Waals surface area contributed by atoms with Gasteiger partial charge in [-0.15, -0.1) is 0 Å². The third-order valence-electron chi connectivity index (χ3n) is 4.41. The Hall–Kier alpha value is -3.34. The number of ether oxygens (including phenoxy) is 3. The van der Waals surface area contributed by atoms with Gasteiger partial charge in [0, 0.05) is 17.7 Å². The molecule has 170 valence electrons. The number of halogens is 3. The molecule has 1 heterocycles. The predicted molar refractivity (Wildman–Crippen MR) is 111 cm³/mol. The number of thiazole rings is 1. The van der Waals surface area contributed by atoms with E-state index in [0.717, 1.165) is 29.5 Å². The van der Waals surface area contributed by atoms with Crippen LogP contribution in [0, 0.1) is 0 Å². The lowest BCUT2D eigenvalue weighted by Gasteiger charge is -2.09. The van der Waals surface area contributed by atoms with Crippen molar-refractivity contribution >= 4 is 33.4 Å². The maximum Gasteiger partial charge on any atom is 0.416 e. The van der Waals surface area contributed by atoms with Gasteiger partial charge in [0.1, 0.15) is 6.54 Å². The van der Waals surface area contributed by atoms with Gasteiger partial charge in [-0.3, -0.25) is 9.59 Å². The molecule has 0 saturated heterocycles. The van der Waals surface area contributed by atoms with Crippen LogP contribution in [-0.4, -0.2) is 37.3 Å². The van der Waals surface area contributed by atoms with Crippen molar-refractivity contribution in [1.29, 1.82) is 0 Å². The Morgan fingerprint density at radius 3 is 2.41 bits per heavy atom. The highest BCUT2D eigenvalue weighted by molar-refractivity contribution is 7.16. The molecule has 32 heavy (non-hydrogen) atoms. The molecule has 0 bridgehead atoms. The zero-order chi connectivity index (χ0) is 23.5. The molecule has 0 aliphatic carbocycles. The van der Waals surface area contributed by atoms with Crippen LogP contribution in [-0.2, 0) is 22.3 Å². The van der Waals surface area contributed by atoms with Crippen molar-refractivity contribution in [3.8, 4) is 11.5 Å². The van der Waals surface area contributed by atoms with Crippen molar-refractivity contribution in [2.24, 2.45) is 4.99 Å². The van der Waals surface area contributed by atoms with Crippen molar-refractivity contribution in [3.63, 3.8) is 0 Å². The minimum Gasteiger partial charge on any atom is -0.493 e. The highest BCUT2D eigenvalue weighted by atomic mass is 32.1. The maximum absolute atomic E-state index is 13.0. The largest absolute Gasteiger partial charge is 0.493 e. The minimum atomic E-state index is -4.59. The molecule has 0 saturated carbocycles. The Morgan fingerprint density at radius 1 is 1.09 bits per heavy atom. The van der Waals surface area contributed by atoms with Crippen molar-refractivity contribution in [3.05, 3.63) is 52.3 Å². The Kier molecular flexibility index (Phi) is 6.87. The Balaban J connectivity index is 2.16. The number of nitrogens with zero attached hydrogens (tertiary/aromatic N) is 2. The highest BCUT2D eigenvalue weighted by Crippen LogP contribution is 2.33. The first-order valence-corrected chi connectivity index (χ1v) is 10.2. The lowest BCUT2D eigenvalue weighted by Crippen LogP contribution is -2.23. The number of carbonyl (C=O) groups is 2. The van der Waals surface area contributed by atoms with Gasteiger partial charge in [0.15, 0.2) is 16.3 Å². The van der Waals surface area contributed by atoms with E-state index in [1.165, 1.54) is 24.9 Å². The molecule has 0 spiro atoms. The molecule has 0 fully saturated rings. The second kappa shape index (κ2) is 9.43. The van der Waals surface area contributed by atoms with E-state index in [0.29, 0.717) is 21.7 Å². The summed E-state index contributed by atoms with van der Waals surface area (Å²) in [6.45, 7) is 1.57. The second-order valence-electron chi connectivity index (χ2n) is 6.45. The third-order valence-corrected chi connectivity index (χ3v) is 5.46. The number of hydrogen-bond acceptors (Lipinski definition) is 6. The van der Waals surface area contributed by atoms with E-state index in [1.807, 2.05) is 0 Å². The summed E-state index contributed by atoms with van der Waals surface area (Å²) in [6.07, 6.45) is -4.59. The number of hydrogen-bond donors (Lipinski definition) is 0. The second-order valence-corrected chi connectivity index (χ2v) is 7.46. The van der Waals surface area contributed by atoms with E-state index >= 15 is 0 Å². The first-order chi connectivity index (χ1) is 15.2. The van der Waals surface area contributed by atoms with Gasteiger partial charge >= 0.3 is 12.1 Å². The van der Waals surface area contributed by atoms with Gasteiger partial charge in [-0.1, -0.05) is 17.4 Å². The molecule has 7 nitrogen and oxygen atoms in total. The standard InChI is InChI=1S/C21H19F3N2O5S/c1-4-31-18(27)11-26-14-9-15(29-2)16(30-3)10-17(14)32-20(26)25-19(28)12-6-5-7-13(8-12)21(22,23)24/h5-10H,4,11H2,1-3H3. The average Bonchev–Trinajstić information content (AvgIpc) is 3.08. The SMILES string of the molecule is CCOC(=O)Cn1c(=NC(=O)c2cccc(C(F)(F)F)c2)sc2cc(OC)c(OC)cc21. The number of carbonyl (C=O) groups excluding carboxylic acids is 2. The molecule has 0 aliphatic rings. The van der Waals surface area contributed by atoms with Crippen molar-refractivity contribution in [1.82, 2.24) is 4.57 Å². The van der Waals surface area contributed by atoms with Crippen LogP contribution < -0.4 is 14.3 Å². The summed E-state index contributed by atoms with van der Waals surface area (Å²) < 4.78 is 56.7. The zero-order valence-corrected chi connectivity index (χ0v) is 18.2. The van der Waals surface area contributed by atoms with Crippen LogP contribution >= 0.6 is 11.3 Å². The van der Waals surface area contributed by atoms with Gasteiger partial charge < -0.3 is 18.8 Å². The normalized spacial score (nSPS) is 12.1. The summed E-state index contributed by atoms with van der Waals surface area (Å²) in [4.78, 5) is 28.9. The summed E-state index contributed by atoms with van der Waals surface area (Å²) in [7, 11) is 2.92. The van der Waals surface area contributed by atoms with Crippen LogP contribution in [0.4, 0.5) is 13.2 Å². The van der Waals surface area contributed by atoms with Gasteiger partial charge in [0.25, 0.3) is 5.91 Å². The van der Waals surface area contributed by atoms with Gasteiger partial charge in [-0.25, -0.2) is 0 Å². The fourth-order valence-corrected chi connectivity index (χ4v) is 3.99. The molecule has 3 rings (SSSR count). The number of aromatic nitrogens is 1. The molecule has 0 N–H and O–H groups in total. The van der Waals surface area contributed by atoms with E-state index in [-0.39, 0.29) is 23.5 Å². The average molecular weight is 468 g/mol. The number of methoxy groups -OCH3 is 2. The molecule has 1 amide bonds. The quantitative estimate of drug-likeness (QED) is 0.510. The monoisotopic (exact) mass is 468 g/mol. The fourth-order valence-electron chi connectivity index (χ4n) is 2.95. The van der Waals surface area contributed by atoms with E-state index in [9.17, 15) is 22.8 Å².